The van der Waals surface area contributed by atoms with Crippen molar-refractivity contribution in [3.8, 4) is 0 Å². The van der Waals surface area contributed by atoms with E-state index in [1.54, 1.807) is 17.9 Å². The second kappa shape index (κ2) is 17.1. The second-order valence-electron chi connectivity index (χ2n) is 14.2. The van der Waals surface area contributed by atoms with Crippen molar-refractivity contribution in [2.24, 2.45) is 11.8 Å². The lowest BCUT2D eigenvalue weighted by atomic mass is 9.81. The number of ketones is 1. The smallest absolute Gasteiger partial charge is 0.410 e. The molecule has 9 heteroatoms. The summed E-state index contributed by atoms with van der Waals surface area (Å²) in [5.74, 6) is 0.576. The predicted molar refractivity (Wildman–Crippen MR) is 178 cm³/mol. The molecule has 0 aromatic carbocycles. The molecule has 4 aliphatic heterocycles. The molecule has 4 rings (SSSR count). The van der Waals surface area contributed by atoms with E-state index in [1.165, 1.54) is 6.08 Å². The Morgan fingerprint density at radius 2 is 1.83 bits per heavy atom. The molecule has 0 unspecified atom stereocenters. The lowest BCUT2D eigenvalue weighted by molar-refractivity contribution is -0.129. The van der Waals surface area contributed by atoms with Crippen molar-refractivity contribution in [2.75, 3.05) is 19.7 Å². The van der Waals surface area contributed by atoms with Gasteiger partial charge in [-0.05, 0) is 71.3 Å². The van der Waals surface area contributed by atoms with Crippen LogP contribution < -0.4 is 5.32 Å². The van der Waals surface area contributed by atoms with Crippen molar-refractivity contribution >= 4 is 17.8 Å². The molecule has 4 heterocycles. The van der Waals surface area contributed by atoms with Crippen LogP contribution in [0.15, 0.2) is 36.0 Å². The Morgan fingerprint density at radius 3 is 2.52 bits per heavy atom. The first-order valence-electron chi connectivity index (χ1n) is 17.8. The topological polar surface area (TPSA) is 107 Å². The molecule has 0 aromatic heterocycles. The Kier molecular flexibility index (Phi) is 13.5. The van der Waals surface area contributed by atoms with Gasteiger partial charge in [-0.1, -0.05) is 51.0 Å². The summed E-state index contributed by atoms with van der Waals surface area (Å²) in [4.78, 5) is 39.2. The van der Waals surface area contributed by atoms with Crippen LogP contribution in [-0.4, -0.2) is 84.5 Å². The van der Waals surface area contributed by atoms with Gasteiger partial charge in [-0.15, -0.1) is 0 Å². The predicted octanol–water partition coefficient (Wildman–Crippen LogP) is 6.46. The van der Waals surface area contributed by atoms with Gasteiger partial charge in [0.05, 0.1) is 42.7 Å². The quantitative estimate of drug-likeness (QED) is 0.140. The summed E-state index contributed by atoms with van der Waals surface area (Å²) in [5.41, 5.74) is 0.990. The van der Waals surface area contributed by atoms with E-state index in [9.17, 15) is 14.4 Å². The average Bonchev–Trinajstić information content (AvgIpc) is 3.81. The summed E-state index contributed by atoms with van der Waals surface area (Å²) in [6, 6.07) is -0.0942. The minimum Gasteiger partial charge on any atom is -0.442 e. The zero-order valence-corrected chi connectivity index (χ0v) is 29.0. The molecule has 0 aromatic rings. The maximum Gasteiger partial charge on any atom is 0.410 e. The maximum absolute atomic E-state index is 12.7. The highest BCUT2D eigenvalue weighted by Gasteiger charge is 2.56. The largest absolute Gasteiger partial charge is 0.442 e. The van der Waals surface area contributed by atoms with E-state index >= 15 is 0 Å². The van der Waals surface area contributed by atoms with Crippen LogP contribution in [-0.2, 0) is 28.5 Å². The first-order chi connectivity index (χ1) is 22.0. The number of carbonyl (C=O) groups is 3. The molecule has 9 nitrogen and oxygen atoms in total. The molecule has 46 heavy (non-hydrogen) atoms. The summed E-state index contributed by atoms with van der Waals surface area (Å²) in [6.07, 6.45) is 17.1. The molecular weight excluding hydrogens is 584 g/mol. The molecule has 9 atom stereocenters. The Bertz CT molecular complexity index is 1120. The van der Waals surface area contributed by atoms with Gasteiger partial charge in [-0.3, -0.25) is 9.59 Å². The van der Waals surface area contributed by atoms with Gasteiger partial charge >= 0.3 is 6.09 Å². The van der Waals surface area contributed by atoms with Gasteiger partial charge in [0.25, 0.3) is 0 Å². The van der Waals surface area contributed by atoms with E-state index in [2.05, 4.69) is 51.2 Å². The standard InChI is InChI=1S/C37H58N2O7/c1-7-8-12-30(40)22-31-23-37(24-43-37)28(5)34(46-31)17-14-25(2)13-16-33-26(3)21-32(29(6)45-33)38-35(41)18-15-27(4)44-36(42)39-19-10-9-11-20-39/h13-15,17-18,26-29,31-34H,7-12,16,19-24H2,1-6H3,(H,38,41)/b17-14+,18-15-,25-13+/t26-,27-,28+,29+,31+,32+,33-,34+,37+/m0/s1. The fraction of sp³-hybridized carbons (Fsp3) is 0.757. The fourth-order valence-corrected chi connectivity index (χ4v) is 6.93. The van der Waals surface area contributed by atoms with Crippen molar-refractivity contribution in [2.45, 2.75) is 148 Å². The summed E-state index contributed by atoms with van der Waals surface area (Å²) in [5, 5.41) is 3.08. The van der Waals surface area contributed by atoms with Crippen LogP contribution in [0.3, 0.4) is 0 Å². The number of nitrogens with zero attached hydrogens (tertiary/aromatic N) is 1. The average molecular weight is 643 g/mol. The highest BCUT2D eigenvalue weighted by molar-refractivity contribution is 5.87. The molecule has 0 saturated carbocycles. The monoisotopic (exact) mass is 642 g/mol. The number of hydrogen-bond donors (Lipinski definition) is 1. The van der Waals surface area contributed by atoms with Crippen LogP contribution in [0.1, 0.15) is 106 Å². The minimum atomic E-state index is -0.482. The molecule has 0 aliphatic carbocycles. The number of amides is 2. The number of piperidine rings is 1. The van der Waals surface area contributed by atoms with Crippen molar-refractivity contribution in [1.82, 2.24) is 10.2 Å². The van der Waals surface area contributed by atoms with E-state index in [0.29, 0.717) is 12.8 Å². The van der Waals surface area contributed by atoms with Crippen LogP contribution in [0.4, 0.5) is 4.79 Å². The molecule has 0 bridgehead atoms. The molecule has 4 aliphatic rings. The van der Waals surface area contributed by atoms with E-state index in [-0.39, 0.29) is 65.7 Å². The van der Waals surface area contributed by atoms with Gasteiger partial charge in [-0.25, -0.2) is 4.79 Å². The number of carbonyl (C=O) groups excluding carboxylic acids is 3. The second-order valence-corrected chi connectivity index (χ2v) is 14.2. The SMILES string of the molecule is CCCCC(=O)C[C@@H]1C[C@@]2(CO2)[C@H](C)[C@@H](/C=C/C(C)=C/C[C@@H]2O[C@H](C)[C@H](NC(=O)/C=C\[C@H](C)OC(=O)N3CCCCC3)C[C@@H]2C)O1. The normalized spacial score (nSPS) is 34.2. The van der Waals surface area contributed by atoms with Crippen LogP contribution in [0.25, 0.3) is 0 Å². The van der Waals surface area contributed by atoms with Gasteiger partial charge in [-0.2, -0.15) is 0 Å². The first-order valence-corrected chi connectivity index (χ1v) is 17.8. The Hall–Kier alpha value is -2.49. The van der Waals surface area contributed by atoms with Gasteiger partial charge in [0.15, 0.2) is 0 Å². The lowest BCUT2D eigenvalue weighted by Gasteiger charge is -2.39. The summed E-state index contributed by atoms with van der Waals surface area (Å²) >= 11 is 0. The number of hydrogen-bond acceptors (Lipinski definition) is 7. The Labute approximate surface area is 276 Å². The van der Waals surface area contributed by atoms with Gasteiger partial charge < -0.3 is 29.2 Å². The number of unbranched alkanes of at least 4 members (excludes halogenated alkanes) is 1. The summed E-state index contributed by atoms with van der Waals surface area (Å²) in [6.45, 7) is 14.5. The Morgan fingerprint density at radius 1 is 1.09 bits per heavy atom. The van der Waals surface area contributed by atoms with E-state index in [1.807, 2.05) is 6.92 Å². The van der Waals surface area contributed by atoms with E-state index < -0.39 is 6.10 Å². The third-order valence-corrected chi connectivity index (χ3v) is 10.2. The van der Waals surface area contributed by atoms with Crippen molar-refractivity contribution in [1.29, 1.82) is 0 Å². The fourth-order valence-electron chi connectivity index (χ4n) is 6.93. The highest BCUT2D eigenvalue weighted by atomic mass is 16.6. The third-order valence-electron chi connectivity index (χ3n) is 10.2. The summed E-state index contributed by atoms with van der Waals surface area (Å²) < 4.78 is 24.2. The van der Waals surface area contributed by atoms with E-state index in [0.717, 1.165) is 76.6 Å². The molecule has 4 saturated heterocycles. The van der Waals surface area contributed by atoms with Crippen molar-refractivity contribution in [3.05, 3.63) is 36.0 Å². The zero-order valence-electron chi connectivity index (χ0n) is 29.0. The van der Waals surface area contributed by atoms with Gasteiger partial charge in [0.1, 0.15) is 11.9 Å². The van der Waals surface area contributed by atoms with Gasteiger partial charge in [0.2, 0.25) is 5.91 Å². The van der Waals surface area contributed by atoms with Crippen LogP contribution in [0, 0.1) is 11.8 Å². The van der Waals surface area contributed by atoms with Crippen molar-refractivity contribution in [3.63, 3.8) is 0 Å². The molecule has 0 radical (unpaired) electrons. The number of rotatable bonds is 13. The highest BCUT2D eigenvalue weighted by Crippen LogP contribution is 2.47. The number of nitrogens with one attached hydrogen (secondary N) is 1. The molecule has 1 N–H and O–H groups in total. The molecular formula is C37H58N2O7. The number of allylic oxidation sites excluding steroid dienone is 2. The van der Waals surface area contributed by atoms with Crippen LogP contribution >= 0.6 is 0 Å². The van der Waals surface area contributed by atoms with E-state index in [4.69, 9.17) is 18.9 Å². The number of likely N-dealkylation sites (tertiary alicyclic amines) is 1. The third kappa shape index (κ3) is 10.5. The zero-order chi connectivity index (χ0) is 33.3. The Balaban J connectivity index is 1.21. The molecule has 1 spiro atoms. The number of epoxide rings is 1. The maximum atomic E-state index is 12.7. The van der Waals surface area contributed by atoms with Crippen molar-refractivity contribution < 1.29 is 33.3 Å². The number of ether oxygens (including phenoxy) is 4. The summed E-state index contributed by atoms with van der Waals surface area (Å²) in [7, 11) is 0. The van der Waals surface area contributed by atoms with Crippen LogP contribution in [0.2, 0.25) is 0 Å². The first kappa shape index (κ1) is 36.3. The van der Waals surface area contributed by atoms with Crippen LogP contribution in [0.5, 0.6) is 0 Å². The molecule has 258 valence electrons. The minimum absolute atomic E-state index is 0.0581. The van der Waals surface area contributed by atoms with Gasteiger partial charge in [0, 0.05) is 44.3 Å². The lowest BCUT2D eigenvalue weighted by Crippen LogP contribution is -2.50. The molecule has 4 fully saturated rings. The molecule has 2 amide bonds. The number of Topliss-reactive ketones (excluding diaryl/α,β-unsaturated/α-hetero) is 1.